The number of pyridine rings is 1. The zero-order valence-corrected chi connectivity index (χ0v) is 13.8. The predicted octanol–water partition coefficient (Wildman–Crippen LogP) is 2.90. The van der Waals surface area contributed by atoms with Crippen molar-refractivity contribution in [3.8, 4) is 0 Å². The molecule has 1 rings (SSSR count). The van der Waals surface area contributed by atoms with E-state index in [9.17, 15) is 4.79 Å². The summed E-state index contributed by atoms with van der Waals surface area (Å²) in [6.45, 7) is 6.91. The number of halogens is 2. The fourth-order valence-electron chi connectivity index (χ4n) is 1.70. The summed E-state index contributed by atoms with van der Waals surface area (Å²) in [5.41, 5.74) is 0.328. The van der Waals surface area contributed by atoms with E-state index >= 15 is 0 Å². The Bertz CT molecular complexity index is 448. The van der Waals surface area contributed by atoms with Crippen LogP contribution in [-0.2, 0) is 9.47 Å². The summed E-state index contributed by atoms with van der Waals surface area (Å²) >= 11 is 11.7. The molecule has 0 atom stereocenters. The van der Waals surface area contributed by atoms with Crippen LogP contribution < -0.4 is 0 Å². The molecule has 0 fully saturated rings. The second kappa shape index (κ2) is 9.95. The molecule has 21 heavy (non-hydrogen) atoms. The van der Waals surface area contributed by atoms with Gasteiger partial charge in [-0.3, -0.25) is 4.79 Å². The summed E-state index contributed by atoms with van der Waals surface area (Å²) < 4.78 is 10.6. The van der Waals surface area contributed by atoms with Gasteiger partial charge in [0.2, 0.25) is 0 Å². The highest BCUT2D eigenvalue weighted by molar-refractivity contribution is 6.34. The molecule has 1 heterocycles. The van der Waals surface area contributed by atoms with Crippen molar-refractivity contribution < 1.29 is 14.3 Å². The molecule has 0 saturated carbocycles. The molecule has 0 radical (unpaired) electrons. The van der Waals surface area contributed by atoms with Gasteiger partial charge in [-0.25, -0.2) is 4.98 Å². The summed E-state index contributed by atoms with van der Waals surface area (Å²) in [6, 6.07) is 3.12. The minimum Gasteiger partial charge on any atom is -0.380 e. The van der Waals surface area contributed by atoms with Crippen LogP contribution in [0.15, 0.2) is 12.1 Å². The first-order chi connectivity index (χ1) is 10.1. The van der Waals surface area contributed by atoms with Crippen LogP contribution >= 0.6 is 23.2 Å². The molecule has 1 aromatic rings. The van der Waals surface area contributed by atoms with E-state index in [2.05, 4.69) is 4.98 Å². The van der Waals surface area contributed by atoms with E-state index < -0.39 is 0 Å². The van der Waals surface area contributed by atoms with Gasteiger partial charge in [0.15, 0.2) is 0 Å². The Kier molecular flexibility index (Phi) is 8.61. The van der Waals surface area contributed by atoms with Crippen LogP contribution in [0.2, 0.25) is 10.3 Å². The molecule has 0 unspecified atom stereocenters. The topological polar surface area (TPSA) is 51.7 Å². The van der Waals surface area contributed by atoms with Gasteiger partial charge in [0, 0.05) is 26.3 Å². The fraction of sp³-hybridized carbons (Fsp3) is 0.571. The van der Waals surface area contributed by atoms with Gasteiger partial charge in [0.1, 0.15) is 10.3 Å². The SMILES string of the molecule is CCOCCN(CCOCC)C(=O)c1ccc(Cl)nc1Cl. The normalized spacial score (nSPS) is 10.7. The number of ether oxygens (including phenoxy) is 2. The number of rotatable bonds is 9. The molecule has 0 aliphatic rings. The molecule has 0 bridgehead atoms. The van der Waals surface area contributed by atoms with Crippen molar-refractivity contribution >= 4 is 29.1 Å². The highest BCUT2D eigenvalue weighted by Gasteiger charge is 2.19. The monoisotopic (exact) mass is 334 g/mol. The Morgan fingerprint density at radius 1 is 1.14 bits per heavy atom. The van der Waals surface area contributed by atoms with Crippen LogP contribution in [0.1, 0.15) is 24.2 Å². The molecule has 0 aliphatic heterocycles. The van der Waals surface area contributed by atoms with Crippen molar-refractivity contribution in [2.24, 2.45) is 0 Å². The number of hydrogen-bond acceptors (Lipinski definition) is 4. The molecular formula is C14H20Cl2N2O3. The van der Waals surface area contributed by atoms with E-state index in [1.165, 1.54) is 0 Å². The molecule has 1 aromatic heterocycles. The number of nitrogens with zero attached hydrogens (tertiary/aromatic N) is 2. The van der Waals surface area contributed by atoms with Gasteiger partial charge in [0.05, 0.1) is 18.8 Å². The van der Waals surface area contributed by atoms with E-state index in [1.54, 1.807) is 17.0 Å². The number of amides is 1. The van der Waals surface area contributed by atoms with E-state index in [0.29, 0.717) is 45.1 Å². The second-order valence-electron chi connectivity index (χ2n) is 4.16. The standard InChI is InChI=1S/C14H20Cl2N2O3/c1-3-20-9-7-18(8-10-21-4-2)14(19)11-5-6-12(15)17-13(11)16/h5-6H,3-4,7-10H2,1-2H3. The summed E-state index contributed by atoms with van der Waals surface area (Å²) in [4.78, 5) is 18.0. The summed E-state index contributed by atoms with van der Waals surface area (Å²) in [5.74, 6) is -0.205. The third kappa shape index (κ3) is 6.18. The highest BCUT2D eigenvalue weighted by Crippen LogP contribution is 2.18. The third-order valence-electron chi connectivity index (χ3n) is 2.75. The minimum atomic E-state index is -0.205. The molecule has 5 nitrogen and oxygen atoms in total. The van der Waals surface area contributed by atoms with Crippen molar-refractivity contribution in [2.45, 2.75) is 13.8 Å². The van der Waals surface area contributed by atoms with Crippen LogP contribution in [0, 0.1) is 0 Å². The van der Waals surface area contributed by atoms with Gasteiger partial charge >= 0.3 is 0 Å². The maximum atomic E-state index is 12.5. The number of aromatic nitrogens is 1. The summed E-state index contributed by atoms with van der Waals surface area (Å²) in [6.07, 6.45) is 0. The molecule has 0 spiro atoms. The van der Waals surface area contributed by atoms with Gasteiger partial charge in [-0.15, -0.1) is 0 Å². The molecular weight excluding hydrogens is 315 g/mol. The van der Waals surface area contributed by atoms with Crippen LogP contribution in [0.4, 0.5) is 0 Å². The third-order valence-corrected chi connectivity index (χ3v) is 3.25. The maximum Gasteiger partial charge on any atom is 0.257 e. The maximum absolute atomic E-state index is 12.5. The largest absolute Gasteiger partial charge is 0.380 e. The van der Waals surface area contributed by atoms with Gasteiger partial charge in [0.25, 0.3) is 5.91 Å². The van der Waals surface area contributed by atoms with Crippen LogP contribution in [0.3, 0.4) is 0 Å². The molecule has 0 saturated heterocycles. The fourth-order valence-corrected chi connectivity index (χ4v) is 2.12. The number of hydrogen-bond donors (Lipinski definition) is 0. The Morgan fingerprint density at radius 2 is 1.71 bits per heavy atom. The van der Waals surface area contributed by atoms with E-state index in [0.717, 1.165) is 0 Å². The predicted molar refractivity (Wildman–Crippen MR) is 83.1 cm³/mol. The summed E-state index contributed by atoms with van der Waals surface area (Å²) in [7, 11) is 0. The van der Waals surface area contributed by atoms with Crippen LogP contribution in [-0.4, -0.2) is 55.3 Å². The van der Waals surface area contributed by atoms with Gasteiger partial charge in [-0.1, -0.05) is 23.2 Å². The van der Waals surface area contributed by atoms with Crippen molar-refractivity contribution in [2.75, 3.05) is 39.5 Å². The second-order valence-corrected chi connectivity index (χ2v) is 4.90. The Labute approximate surface area is 135 Å². The summed E-state index contributed by atoms with van der Waals surface area (Å²) in [5, 5.41) is 0.358. The minimum absolute atomic E-state index is 0.102. The van der Waals surface area contributed by atoms with E-state index in [4.69, 9.17) is 32.7 Å². The van der Waals surface area contributed by atoms with Crippen LogP contribution in [0.25, 0.3) is 0 Å². The molecule has 0 N–H and O–H groups in total. The quantitative estimate of drug-likeness (QED) is 0.514. The van der Waals surface area contributed by atoms with Crippen molar-refractivity contribution in [1.82, 2.24) is 9.88 Å². The molecule has 1 amide bonds. The zero-order chi connectivity index (χ0) is 15.7. The van der Waals surface area contributed by atoms with Crippen molar-refractivity contribution in [1.29, 1.82) is 0 Å². The zero-order valence-electron chi connectivity index (χ0n) is 12.3. The molecule has 0 aliphatic carbocycles. The van der Waals surface area contributed by atoms with Crippen molar-refractivity contribution in [3.63, 3.8) is 0 Å². The van der Waals surface area contributed by atoms with E-state index in [-0.39, 0.29) is 16.2 Å². The molecule has 0 aromatic carbocycles. The average molecular weight is 335 g/mol. The Morgan fingerprint density at radius 3 is 2.19 bits per heavy atom. The lowest BCUT2D eigenvalue weighted by molar-refractivity contribution is 0.0550. The molecule has 7 heteroatoms. The van der Waals surface area contributed by atoms with Crippen molar-refractivity contribution in [3.05, 3.63) is 28.0 Å². The Balaban J connectivity index is 2.76. The van der Waals surface area contributed by atoms with Gasteiger partial charge < -0.3 is 14.4 Å². The van der Waals surface area contributed by atoms with Gasteiger partial charge in [-0.05, 0) is 26.0 Å². The lowest BCUT2D eigenvalue weighted by Crippen LogP contribution is -2.37. The van der Waals surface area contributed by atoms with Crippen LogP contribution in [0.5, 0.6) is 0 Å². The Hall–Kier alpha value is -0.880. The number of carbonyl (C=O) groups is 1. The first kappa shape index (κ1) is 18.2. The van der Waals surface area contributed by atoms with E-state index in [1.807, 2.05) is 13.8 Å². The molecule has 118 valence electrons. The number of carbonyl (C=O) groups excluding carboxylic acids is 1. The van der Waals surface area contributed by atoms with Gasteiger partial charge in [-0.2, -0.15) is 0 Å². The highest BCUT2D eigenvalue weighted by atomic mass is 35.5. The first-order valence-corrected chi connectivity index (χ1v) is 7.62. The lowest BCUT2D eigenvalue weighted by Gasteiger charge is -2.23. The first-order valence-electron chi connectivity index (χ1n) is 6.86. The smallest absolute Gasteiger partial charge is 0.257 e. The lowest BCUT2D eigenvalue weighted by atomic mass is 10.2. The average Bonchev–Trinajstić information content (AvgIpc) is 2.45.